The van der Waals surface area contributed by atoms with E-state index in [-0.39, 0.29) is 5.41 Å². The number of allylic oxidation sites excluding steroid dienone is 1. The molecule has 0 bridgehead atoms. The van der Waals surface area contributed by atoms with E-state index >= 15 is 0 Å². The van der Waals surface area contributed by atoms with Crippen LogP contribution in [0.3, 0.4) is 0 Å². The van der Waals surface area contributed by atoms with Crippen molar-refractivity contribution < 1.29 is 0 Å². The third kappa shape index (κ3) is 2.25. The largest absolute Gasteiger partial charge is 0.330 e. The van der Waals surface area contributed by atoms with Crippen LogP contribution < -0.4 is 5.73 Å². The molecule has 2 rings (SSSR count). The number of rotatable bonds is 4. The maximum Gasteiger partial charge on any atom is 0.00818 e. The molecule has 0 aromatic heterocycles. The molecule has 0 aliphatic heterocycles. The van der Waals surface area contributed by atoms with Gasteiger partial charge in [0.25, 0.3) is 0 Å². The van der Waals surface area contributed by atoms with Crippen LogP contribution in [0, 0.1) is 0 Å². The molecule has 0 heterocycles. The average molecular weight is 225 g/mol. The smallest absolute Gasteiger partial charge is 0.00818 e. The van der Waals surface area contributed by atoms with Crippen molar-refractivity contribution >= 4 is 10.8 Å². The molecule has 88 valence electrons. The van der Waals surface area contributed by atoms with E-state index in [1.54, 1.807) is 0 Å². The van der Waals surface area contributed by atoms with Crippen molar-refractivity contribution in [2.75, 3.05) is 6.54 Å². The van der Waals surface area contributed by atoms with Gasteiger partial charge in [-0.2, -0.15) is 0 Å². The van der Waals surface area contributed by atoms with Crippen LogP contribution in [0.15, 0.2) is 55.1 Å². The summed E-state index contributed by atoms with van der Waals surface area (Å²) in [5.74, 6) is 0. The molecule has 0 saturated carbocycles. The third-order valence-corrected chi connectivity index (χ3v) is 3.49. The summed E-state index contributed by atoms with van der Waals surface area (Å²) in [5, 5.41) is 2.54. The summed E-state index contributed by atoms with van der Waals surface area (Å²) in [6, 6.07) is 15.0. The van der Waals surface area contributed by atoms with Gasteiger partial charge in [-0.05, 0) is 22.8 Å². The van der Waals surface area contributed by atoms with Crippen molar-refractivity contribution in [2.45, 2.75) is 18.8 Å². The molecule has 2 aromatic carbocycles. The molecule has 0 aliphatic carbocycles. The second-order valence-electron chi connectivity index (χ2n) is 4.82. The van der Waals surface area contributed by atoms with E-state index in [0.29, 0.717) is 6.54 Å². The topological polar surface area (TPSA) is 26.0 Å². The van der Waals surface area contributed by atoms with Gasteiger partial charge in [0, 0.05) is 12.0 Å². The number of benzene rings is 2. The Bertz CT molecular complexity index is 530. The zero-order chi connectivity index (χ0) is 12.3. The van der Waals surface area contributed by atoms with Gasteiger partial charge in [0.1, 0.15) is 0 Å². The summed E-state index contributed by atoms with van der Waals surface area (Å²) in [5.41, 5.74) is 7.20. The lowest BCUT2D eigenvalue weighted by atomic mass is 9.79. The Morgan fingerprint density at radius 3 is 2.53 bits per heavy atom. The van der Waals surface area contributed by atoms with Gasteiger partial charge in [-0.25, -0.2) is 0 Å². The maximum absolute atomic E-state index is 5.92. The lowest BCUT2D eigenvalue weighted by Crippen LogP contribution is -2.31. The minimum Gasteiger partial charge on any atom is -0.330 e. The van der Waals surface area contributed by atoms with Crippen LogP contribution in [0.5, 0.6) is 0 Å². The van der Waals surface area contributed by atoms with Crippen LogP contribution in [0.4, 0.5) is 0 Å². The summed E-state index contributed by atoms with van der Waals surface area (Å²) in [7, 11) is 0. The van der Waals surface area contributed by atoms with Crippen LogP contribution >= 0.6 is 0 Å². The first-order chi connectivity index (χ1) is 8.19. The third-order valence-electron chi connectivity index (χ3n) is 3.49. The maximum atomic E-state index is 5.92. The predicted molar refractivity (Wildman–Crippen MR) is 75.2 cm³/mol. The fraction of sp³-hybridized carbons (Fsp3) is 0.250. The number of fused-ring (bicyclic) bond motifs is 1. The minimum absolute atomic E-state index is 0.00815. The quantitative estimate of drug-likeness (QED) is 0.790. The standard InChI is InChI=1S/C16H19N/c1-3-10-16(2,12-17)15-9-8-13-6-4-5-7-14(13)11-15/h3-9,11H,1,10,12,17H2,2H3. The molecule has 1 atom stereocenters. The molecular formula is C16H19N. The van der Waals surface area contributed by atoms with E-state index in [1.165, 1.54) is 16.3 Å². The van der Waals surface area contributed by atoms with E-state index in [1.807, 2.05) is 6.08 Å². The highest BCUT2D eigenvalue weighted by Crippen LogP contribution is 2.29. The molecule has 0 aliphatic rings. The molecule has 0 spiro atoms. The highest BCUT2D eigenvalue weighted by Gasteiger charge is 2.23. The molecule has 0 saturated heterocycles. The van der Waals surface area contributed by atoms with E-state index in [2.05, 4.69) is 56.0 Å². The Morgan fingerprint density at radius 1 is 1.18 bits per heavy atom. The van der Waals surface area contributed by atoms with Crippen molar-refractivity contribution in [1.29, 1.82) is 0 Å². The summed E-state index contributed by atoms with van der Waals surface area (Å²) >= 11 is 0. The molecule has 1 heteroatoms. The first-order valence-corrected chi connectivity index (χ1v) is 6.00. The molecule has 2 aromatic rings. The number of nitrogens with two attached hydrogens (primary N) is 1. The highest BCUT2D eigenvalue weighted by molar-refractivity contribution is 5.83. The van der Waals surface area contributed by atoms with Crippen molar-refractivity contribution in [3.63, 3.8) is 0 Å². The van der Waals surface area contributed by atoms with Gasteiger partial charge < -0.3 is 5.73 Å². The van der Waals surface area contributed by atoms with Crippen molar-refractivity contribution in [1.82, 2.24) is 0 Å². The average Bonchev–Trinajstić information content (AvgIpc) is 2.38. The number of hydrogen-bond donors (Lipinski definition) is 1. The van der Waals surface area contributed by atoms with Crippen molar-refractivity contribution in [3.05, 3.63) is 60.7 Å². The van der Waals surface area contributed by atoms with Gasteiger partial charge >= 0.3 is 0 Å². The fourth-order valence-electron chi connectivity index (χ4n) is 2.20. The molecule has 0 radical (unpaired) electrons. The van der Waals surface area contributed by atoms with Gasteiger partial charge in [0.2, 0.25) is 0 Å². The first-order valence-electron chi connectivity index (χ1n) is 6.00. The van der Waals surface area contributed by atoms with Gasteiger partial charge in [0.05, 0.1) is 0 Å². The lowest BCUT2D eigenvalue weighted by Gasteiger charge is -2.27. The van der Waals surface area contributed by atoms with Crippen LogP contribution in [-0.4, -0.2) is 6.54 Å². The summed E-state index contributed by atoms with van der Waals surface area (Å²) < 4.78 is 0. The minimum atomic E-state index is -0.00815. The SMILES string of the molecule is C=CCC(C)(CN)c1ccc2ccccc2c1. The monoisotopic (exact) mass is 225 g/mol. The Morgan fingerprint density at radius 2 is 1.88 bits per heavy atom. The van der Waals surface area contributed by atoms with Crippen LogP contribution in [0.25, 0.3) is 10.8 Å². The van der Waals surface area contributed by atoms with Gasteiger partial charge in [-0.15, -0.1) is 6.58 Å². The highest BCUT2D eigenvalue weighted by atomic mass is 14.6. The molecule has 2 N–H and O–H groups in total. The first kappa shape index (κ1) is 11.9. The van der Waals surface area contributed by atoms with Gasteiger partial charge in [-0.1, -0.05) is 55.5 Å². The fourth-order valence-corrected chi connectivity index (χ4v) is 2.20. The predicted octanol–water partition coefficient (Wildman–Crippen LogP) is 3.63. The van der Waals surface area contributed by atoms with E-state index in [4.69, 9.17) is 5.73 Å². The van der Waals surface area contributed by atoms with E-state index in [0.717, 1.165) is 6.42 Å². The van der Waals surface area contributed by atoms with Crippen LogP contribution in [0.2, 0.25) is 0 Å². The second kappa shape index (κ2) is 4.72. The lowest BCUT2D eigenvalue weighted by molar-refractivity contribution is 0.492. The number of hydrogen-bond acceptors (Lipinski definition) is 1. The van der Waals surface area contributed by atoms with E-state index < -0.39 is 0 Å². The molecule has 0 amide bonds. The Labute approximate surface area is 103 Å². The second-order valence-corrected chi connectivity index (χ2v) is 4.82. The molecule has 1 unspecified atom stereocenters. The van der Waals surface area contributed by atoms with Crippen molar-refractivity contribution in [2.24, 2.45) is 5.73 Å². The molecule has 0 fully saturated rings. The molecule has 17 heavy (non-hydrogen) atoms. The Kier molecular flexibility index (Phi) is 3.30. The zero-order valence-electron chi connectivity index (χ0n) is 10.3. The zero-order valence-corrected chi connectivity index (χ0v) is 10.3. The van der Waals surface area contributed by atoms with Gasteiger partial charge in [-0.3, -0.25) is 0 Å². The summed E-state index contributed by atoms with van der Waals surface area (Å²) in [6.07, 6.45) is 2.85. The van der Waals surface area contributed by atoms with Gasteiger partial charge in [0.15, 0.2) is 0 Å². The normalized spacial score (nSPS) is 14.5. The molecular weight excluding hydrogens is 206 g/mol. The summed E-state index contributed by atoms with van der Waals surface area (Å²) in [4.78, 5) is 0. The molecule has 1 nitrogen and oxygen atoms in total. The van der Waals surface area contributed by atoms with E-state index in [9.17, 15) is 0 Å². The van der Waals surface area contributed by atoms with Crippen LogP contribution in [-0.2, 0) is 5.41 Å². The summed E-state index contributed by atoms with van der Waals surface area (Å²) in [6.45, 7) is 6.66. The Hall–Kier alpha value is -1.60. The van der Waals surface area contributed by atoms with Crippen LogP contribution in [0.1, 0.15) is 18.9 Å². The van der Waals surface area contributed by atoms with Crippen molar-refractivity contribution in [3.8, 4) is 0 Å². The Balaban J connectivity index is 2.51.